The minimum Gasteiger partial charge on any atom is -0.394 e. The Labute approximate surface area is 80.3 Å². The van der Waals surface area contributed by atoms with E-state index >= 15 is 0 Å². The van der Waals surface area contributed by atoms with E-state index < -0.39 is 0 Å². The number of aromatic nitrogens is 4. The fraction of sp³-hybridized carbons (Fsp3) is 0. The fourth-order valence-corrected chi connectivity index (χ4v) is 0.931. The Hall–Kier alpha value is -2.24. The summed E-state index contributed by atoms with van der Waals surface area (Å²) in [7, 11) is 0. The first-order valence-electron chi connectivity index (χ1n) is 3.95. The third-order valence-electron chi connectivity index (χ3n) is 1.57. The number of rotatable bonds is 2. The van der Waals surface area contributed by atoms with Crippen molar-refractivity contribution >= 4 is 17.3 Å². The van der Waals surface area contributed by atoms with Crippen molar-refractivity contribution in [2.24, 2.45) is 0 Å². The highest BCUT2D eigenvalue weighted by Gasteiger charge is 2.00. The third-order valence-corrected chi connectivity index (χ3v) is 1.57. The zero-order chi connectivity index (χ0) is 9.80. The first-order valence-corrected chi connectivity index (χ1v) is 3.95. The van der Waals surface area contributed by atoms with E-state index in [0.717, 1.165) is 0 Å². The zero-order valence-electron chi connectivity index (χ0n) is 7.25. The number of nitrogen functional groups attached to an aromatic ring is 1. The highest BCUT2D eigenvalue weighted by atomic mass is 15.1. The van der Waals surface area contributed by atoms with Crippen LogP contribution in [0.5, 0.6) is 0 Å². The molecule has 0 aliphatic heterocycles. The zero-order valence-corrected chi connectivity index (χ0v) is 7.25. The van der Waals surface area contributed by atoms with Crippen LogP contribution in [0.4, 0.5) is 17.3 Å². The molecule has 2 aromatic rings. The number of nitrogens with zero attached hydrogens (tertiary/aromatic N) is 4. The number of hydrogen-bond acceptors (Lipinski definition) is 6. The number of anilines is 3. The molecule has 0 aliphatic carbocycles. The van der Waals surface area contributed by atoms with Crippen molar-refractivity contribution in [3.05, 3.63) is 31.1 Å². The standard InChI is InChI=1S/C8H8N6/c9-6-3-11-5-13-8(6)14-7-1-2-10-4-12-7/h1-5H,9H2,(H,10,11,12,13,14). The highest BCUT2D eigenvalue weighted by Crippen LogP contribution is 2.15. The summed E-state index contributed by atoms with van der Waals surface area (Å²) < 4.78 is 0. The second-order valence-electron chi connectivity index (χ2n) is 2.55. The van der Waals surface area contributed by atoms with Crippen LogP contribution in [-0.2, 0) is 0 Å². The van der Waals surface area contributed by atoms with Gasteiger partial charge in [-0.1, -0.05) is 0 Å². The Kier molecular flexibility index (Phi) is 2.18. The maximum atomic E-state index is 5.64. The molecule has 0 unspecified atom stereocenters. The van der Waals surface area contributed by atoms with Gasteiger partial charge in [0.05, 0.1) is 11.9 Å². The van der Waals surface area contributed by atoms with Gasteiger partial charge in [0.1, 0.15) is 18.5 Å². The molecule has 0 atom stereocenters. The normalized spacial score (nSPS) is 9.71. The number of hydrogen-bond donors (Lipinski definition) is 2. The van der Waals surface area contributed by atoms with Crippen LogP contribution in [0.25, 0.3) is 0 Å². The molecule has 0 aliphatic rings. The lowest BCUT2D eigenvalue weighted by atomic mass is 10.4. The van der Waals surface area contributed by atoms with Crippen LogP contribution < -0.4 is 11.1 Å². The van der Waals surface area contributed by atoms with Crippen molar-refractivity contribution in [3.63, 3.8) is 0 Å². The predicted molar refractivity (Wildman–Crippen MR) is 51.8 cm³/mol. The summed E-state index contributed by atoms with van der Waals surface area (Å²) in [5, 5.41) is 2.94. The van der Waals surface area contributed by atoms with E-state index in [1.807, 2.05) is 0 Å². The Balaban J connectivity index is 2.24. The molecule has 0 saturated carbocycles. The van der Waals surface area contributed by atoms with Crippen LogP contribution in [0, 0.1) is 0 Å². The lowest BCUT2D eigenvalue weighted by Crippen LogP contribution is -2.00. The van der Waals surface area contributed by atoms with Gasteiger partial charge in [0.25, 0.3) is 0 Å². The molecule has 0 saturated heterocycles. The van der Waals surface area contributed by atoms with Gasteiger partial charge in [-0.25, -0.2) is 19.9 Å². The van der Waals surface area contributed by atoms with Gasteiger partial charge in [-0.3, -0.25) is 0 Å². The number of nitrogens with one attached hydrogen (secondary N) is 1. The topological polar surface area (TPSA) is 89.6 Å². The van der Waals surface area contributed by atoms with Gasteiger partial charge in [0.2, 0.25) is 0 Å². The first-order chi connectivity index (χ1) is 6.86. The average molecular weight is 188 g/mol. The summed E-state index contributed by atoms with van der Waals surface area (Å²) in [6.45, 7) is 0. The molecule has 14 heavy (non-hydrogen) atoms. The van der Waals surface area contributed by atoms with Gasteiger partial charge in [-0.15, -0.1) is 0 Å². The maximum absolute atomic E-state index is 5.64. The Morgan fingerprint density at radius 3 is 2.71 bits per heavy atom. The van der Waals surface area contributed by atoms with Crippen LogP contribution in [0.2, 0.25) is 0 Å². The van der Waals surface area contributed by atoms with E-state index in [-0.39, 0.29) is 0 Å². The van der Waals surface area contributed by atoms with Gasteiger partial charge in [-0.05, 0) is 6.07 Å². The monoisotopic (exact) mass is 188 g/mol. The molecule has 2 rings (SSSR count). The Morgan fingerprint density at radius 2 is 2.00 bits per heavy atom. The van der Waals surface area contributed by atoms with Crippen LogP contribution >= 0.6 is 0 Å². The van der Waals surface area contributed by atoms with Gasteiger partial charge in [0, 0.05) is 6.20 Å². The molecule has 6 nitrogen and oxygen atoms in total. The summed E-state index contributed by atoms with van der Waals surface area (Å²) in [4.78, 5) is 15.5. The molecular weight excluding hydrogens is 180 g/mol. The highest BCUT2D eigenvalue weighted by molar-refractivity contribution is 5.65. The molecule has 6 heteroatoms. The smallest absolute Gasteiger partial charge is 0.158 e. The summed E-state index contributed by atoms with van der Waals surface area (Å²) in [6.07, 6.45) is 6.02. The second-order valence-corrected chi connectivity index (χ2v) is 2.55. The summed E-state index contributed by atoms with van der Waals surface area (Å²) >= 11 is 0. The predicted octanol–water partition coefficient (Wildman–Crippen LogP) is 0.592. The molecule has 70 valence electrons. The van der Waals surface area contributed by atoms with Crippen LogP contribution in [0.15, 0.2) is 31.1 Å². The fourth-order valence-electron chi connectivity index (χ4n) is 0.931. The summed E-state index contributed by atoms with van der Waals surface area (Å²) in [5.74, 6) is 1.18. The van der Waals surface area contributed by atoms with Crippen molar-refractivity contribution in [2.75, 3.05) is 11.1 Å². The minimum absolute atomic E-state index is 0.478. The van der Waals surface area contributed by atoms with E-state index in [0.29, 0.717) is 17.3 Å². The average Bonchev–Trinajstić information content (AvgIpc) is 2.23. The summed E-state index contributed by atoms with van der Waals surface area (Å²) in [5.41, 5.74) is 6.12. The Morgan fingerprint density at radius 1 is 1.14 bits per heavy atom. The minimum atomic E-state index is 0.478. The van der Waals surface area contributed by atoms with E-state index in [1.54, 1.807) is 12.3 Å². The largest absolute Gasteiger partial charge is 0.394 e. The van der Waals surface area contributed by atoms with Crippen molar-refractivity contribution in [1.82, 2.24) is 19.9 Å². The third kappa shape index (κ3) is 1.74. The molecule has 0 radical (unpaired) electrons. The molecule has 0 amide bonds. The van der Waals surface area contributed by atoms with Crippen LogP contribution in [0.1, 0.15) is 0 Å². The summed E-state index contributed by atoms with van der Waals surface area (Å²) in [6, 6.07) is 1.72. The number of nitrogens with two attached hydrogens (primary N) is 1. The molecule has 0 spiro atoms. The van der Waals surface area contributed by atoms with Crippen molar-refractivity contribution < 1.29 is 0 Å². The molecule has 0 fully saturated rings. The van der Waals surface area contributed by atoms with E-state index in [1.165, 1.54) is 18.9 Å². The van der Waals surface area contributed by atoms with E-state index in [4.69, 9.17) is 5.73 Å². The first kappa shape index (κ1) is 8.36. The van der Waals surface area contributed by atoms with E-state index in [9.17, 15) is 0 Å². The van der Waals surface area contributed by atoms with Crippen LogP contribution in [-0.4, -0.2) is 19.9 Å². The Bertz CT molecular complexity index is 415. The van der Waals surface area contributed by atoms with E-state index in [2.05, 4.69) is 25.3 Å². The molecule has 3 N–H and O–H groups in total. The van der Waals surface area contributed by atoms with Crippen LogP contribution in [0.3, 0.4) is 0 Å². The SMILES string of the molecule is Nc1cncnc1Nc1ccncn1. The molecule has 2 aromatic heterocycles. The molecule has 2 heterocycles. The van der Waals surface area contributed by atoms with Gasteiger partial charge in [-0.2, -0.15) is 0 Å². The lowest BCUT2D eigenvalue weighted by Gasteiger charge is -2.04. The second kappa shape index (κ2) is 3.65. The van der Waals surface area contributed by atoms with Crippen molar-refractivity contribution in [3.8, 4) is 0 Å². The molecule has 0 bridgehead atoms. The maximum Gasteiger partial charge on any atom is 0.158 e. The lowest BCUT2D eigenvalue weighted by molar-refractivity contribution is 1.14. The van der Waals surface area contributed by atoms with Gasteiger partial charge < -0.3 is 11.1 Å². The van der Waals surface area contributed by atoms with Gasteiger partial charge in [0.15, 0.2) is 5.82 Å². The molecule has 0 aromatic carbocycles. The van der Waals surface area contributed by atoms with Crippen molar-refractivity contribution in [2.45, 2.75) is 0 Å². The quantitative estimate of drug-likeness (QED) is 0.717. The van der Waals surface area contributed by atoms with Crippen molar-refractivity contribution in [1.29, 1.82) is 0 Å². The van der Waals surface area contributed by atoms with Gasteiger partial charge >= 0.3 is 0 Å². The molecular formula is C8H8N6.